The summed E-state index contributed by atoms with van der Waals surface area (Å²) in [5.41, 5.74) is 1.49. The summed E-state index contributed by atoms with van der Waals surface area (Å²) in [5.74, 6) is 0.609. The average molecular weight is 414 g/mol. The molecule has 0 spiro atoms. The Kier molecular flexibility index (Phi) is 5.27. The van der Waals surface area contributed by atoms with E-state index in [1.54, 1.807) is 31.4 Å². The summed E-state index contributed by atoms with van der Waals surface area (Å²) in [5, 5.41) is 0. The van der Waals surface area contributed by atoms with Crippen LogP contribution in [0.15, 0.2) is 51.8 Å². The molecule has 0 saturated carbocycles. The van der Waals surface area contributed by atoms with Gasteiger partial charge in [0.25, 0.3) is 10.0 Å². The quantitative estimate of drug-likeness (QED) is 0.712. The standard InChI is InChI=1S/C21H22N2O5S/c1-27-18-8-5-4-7-16(18)14-28-21(24)15-10-11-17-19(13-15)29(25,26)22-20-9-3-2-6-12-23(17)20/h4-5,7-8,10-11,13H,2-3,6,9,12,14H2,1H3. The van der Waals surface area contributed by atoms with E-state index in [9.17, 15) is 13.2 Å². The van der Waals surface area contributed by atoms with Gasteiger partial charge in [-0.3, -0.25) is 0 Å². The summed E-state index contributed by atoms with van der Waals surface area (Å²) in [4.78, 5) is 14.5. The summed E-state index contributed by atoms with van der Waals surface area (Å²) < 4.78 is 40.0. The lowest BCUT2D eigenvalue weighted by Gasteiger charge is -2.29. The largest absolute Gasteiger partial charge is 0.496 e. The number of esters is 1. The van der Waals surface area contributed by atoms with Gasteiger partial charge in [0.1, 0.15) is 23.1 Å². The van der Waals surface area contributed by atoms with Gasteiger partial charge in [0.15, 0.2) is 0 Å². The van der Waals surface area contributed by atoms with Crippen molar-refractivity contribution in [1.82, 2.24) is 0 Å². The molecule has 0 unspecified atom stereocenters. The van der Waals surface area contributed by atoms with Gasteiger partial charge < -0.3 is 14.4 Å². The number of hydrogen-bond acceptors (Lipinski definition) is 6. The first-order chi connectivity index (χ1) is 14.0. The molecule has 2 aliphatic heterocycles. The highest BCUT2D eigenvalue weighted by Crippen LogP contribution is 2.35. The van der Waals surface area contributed by atoms with Crippen LogP contribution in [0.3, 0.4) is 0 Å². The summed E-state index contributed by atoms with van der Waals surface area (Å²) in [6.07, 6.45) is 3.58. The average Bonchev–Trinajstić information content (AvgIpc) is 2.96. The molecule has 0 atom stereocenters. The lowest BCUT2D eigenvalue weighted by Crippen LogP contribution is -2.35. The van der Waals surface area contributed by atoms with Crippen molar-refractivity contribution in [3.05, 3.63) is 53.6 Å². The van der Waals surface area contributed by atoms with Gasteiger partial charge in [-0.25, -0.2) is 4.79 Å². The predicted molar refractivity (Wildman–Crippen MR) is 109 cm³/mol. The number of anilines is 1. The minimum absolute atomic E-state index is 0.0289. The van der Waals surface area contributed by atoms with E-state index in [0.29, 0.717) is 23.7 Å². The lowest BCUT2D eigenvalue weighted by molar-refractivity contribution is 0.0470. The summed E-state index contributed by atoms with van der Waals surface area (Å²) in [7, 11) is -2.30. The number of ether oxygens (including phenoxy) is 2. The fourth-order valence-corrected chi connectivity index (χ4v) is 4.94. The van der Waals surface area contributed by atoms with E-state index in [4.69, 9.17) is 9.47 Å². The molecule has 1 saturated heterocycles. The first kappa shape index (κ1) is 19.4. The predicted octanol–water partition coefficient (Wildman–Crippen LogP) is 3.53. The van der Waals surface area contributed by atoms with Gasteiger partial charge in [0.2, 0.25) is 0 Å². The number of methoxy groups -OCH3 is 1. The van der Waals surface area contributed by atoms with Crippen molar-refractivity contribution in [2.75, 3.05) is 18.6 Å². The molecule has 7 nitrogen and oxygen atoms in total. The Morgan fingerprint density at radius 1 is 1.14 bits per heavy atom. The Balaban J connectivity index is 1.59. The van der Waals surface area contributed by atoms with Crippen LogP contribution in [0.1, 0.15) is 41.6 Å². The van der Waals surface area contributed by atoms with Crippen LogP contribution >= 0.6 is 0 Å². The number of sulfonamides is 1. The molecule has 0 aromatic heterocycles. The van der Waals surface area contributed by atoms with Crippen molar-refractivity contribution >= 4 is 27.5 Å². The van der Waals surface area contributed by atoms with E-state index in [1.807, 2.05) is 17.0 Å². The number of nitrogens with zero attached hydrogens (tertiary/aromatic N) is 2. The Morgan fingerprint density at radius 3 is 2.79 bits per heavy atom. The molecule has 2 aliphatic rings. The van der Waals surface area contributed by atoms with E-state index in [-0.39, 0.29) is 17.1 Å². The van der Waals surface area contributed by atoms with Gasteiger partial charge in [0.05, 0.1) is 18.4 Å². The molecule has 0 amide bonds. The van der Waals surface area contributed by atoms with Crippen molar-refractivity contribution in [1.29, 1.82) is 0 Å². The molecule has 152 valence electrons. The minimum atomic E-state index is -3.84. The van der Waals surface area contributed by atoms with Crippen LogP contribution in [-0.4, -0.2) is 33.9 Å². The van der Waals surface area contributed by atoms with Crippen LogP contribution in [0.2, 0.25) is 0 Å². The van der Waals surface area contributed by atoms with Gasteiger partial charge in [-0.2, -0.15) is 8.42 Å². The molecule has 2 aromatic carbocycles. The monoisotopic (exact) mass is 414 g/mol. The molecule has 4 rings (SSSR count). The Hall–Kier alpha value is -2.87. The van der Waals surface area contributed by atoms with Crippen LogP contribution in [0.4, 0.5) is 5.69 Å². The third-order valence-electron chi connectivity index (χ3n) is 5.13. The number of amidine groups is 1. The number of hydrogen-bond donors (Lipinski definition) is 0. The number of rotatable bonds is 4. The zero-order valence-electron chi connectivity index (χ0n) is 16.1. The summed E-state index contributed by atoms with van der Waals surface area (Å²) >= 11 is 0. The van der Waals surface area contributed by atoms with E-state index < -0.39 is 16.0 Å². The molecule has 1 fully saturated rings. The lowest BCUT2D eigenvalue weighted by atomic mass is 10.1. The van der Waals surface area contributed by atoms with Gasteiger partial charge in [-0.1, -0.05) is 24.6 Å². The van der Waals surface area contributed by atoms with Crippen molar-refractivity contribution in [2.45, 2.75) is 37.2 Å². The highest BCUT2D eigenvalue weighted by Gasteiger charge is 2.32. The third-order valence-corrected chi connectivity index (χ3v) is 6.47. The second kappa shape index (κ2) is 7.87. The SMILES string of the molecule is COc1ccccc1COC(=O)c1ccc2c(c1)S(=O)(=O)N=C1CCCCCN12. The molecule has 2 heterocycles. The third kappa shape index (κ3) is 3.85. The van der Waals surface area contributed by atoms with Crippen molar-refractivity contribution in [3.8, 4) is 5.75 Å². The van der Waals surface area contributed by atoms with Gasteiger partial charge in [-0.05, 0) is 37.1 Å². The van der Waals surface area contributed by atoms with Gasteiger partial charge in [0, 0.05) is 18.5 Å². The van der Waals surface area contributed by atoms with Crippen LogP contribution in [-0.2, 0) is 21.4 Å². The number of carbonyl (C=O) groups is 1. The highest BCUT2D eigenvalue weighted by molar-refractivity contribution is 7.90. The maximum Gasteiger partial charge on any atom is 0.338 e. The molecule has 29 heavy (non-hydrogen) atoms. The maximum absolute atomic E-state index is 12.7. The second-order valence-electron chi connectivity index (χ2n) is 7.02. The number of para-hydroxylation sites is 1. The Labute approximate surface area is 170 Å². The number of carbonyl (C=O) groups excluding carboxylic acids is 1. The fourth-order valence-electron chi connectivity index (χ4n) is 3.66. The van der Waals surface area contributed by atoms with Crippen molar-refractivity contribution < 1.29 is 22.7 Å². The van der Waals surface area contributed by atoms with Crippen LogP contribution in [0.25, 0.3) is 0 Å². The smallest absolute Gasteiger partial charge is 0.338 e. The van der Waals surface area contributed by atoms with Crippen LogP contribution in [0, 0.1) is 0 Å². The Morgan fingerprint density at radius 2 is 1.97 bits per heavy atom. The minimum Gasteiger partial charge on any atom is -0.496 e. The second-order valence-corrected chi connectivity index (χ2v) is 8.59. The molecule has 0 bridgehead atoms. The normalized spacial score (nSPS) is 17.4. The zero-order chi connectivity index (χ0) is 20.4. The van der Waals surface area contributed by atoms with Crippen LogP contribution < -0.4 is 9.64 Å². The van der Waals surface area contributed by atoms with Gasteiger partial charge in [-0.15, -0.1) is 4.40 Å². The molecule has 0 radical (unpaired) electrons. The van der Waals surface area contributed by atoms with Crippen molar-refractivity contribution in [2.24, 2.45) is 4.40 Å². The number of benzene rings is 2. The molecular weight excluding hydrogens is 392 g/mol. The Bertz CT molecular complexity index is 1080. The van der Waals surface area contributed by atoms with Crippen molar-refractivity contribution in [3.63, 3.8) is 0 Å². The molecule has 0 N–H and O–H groups in total. The maximum atomic E-state index is 12.7. The highest BCUT2D eigenvalue weighted by atomic mass is 32.2. The molecular formula is C21H22N2O5S. The molecule has 8 heteroatoms. The van der Waals surface area contributed by atoms with Crippen LogP contribution in [0.5, 0.6) is 5.75 Å². The molecule has 0 aliphatic carbocycles. The fraction of sp³-hybridized carbons (Fsp3) is 0.333. The van der Waals surface area contributed by atoms with E-state index in [2.05, 4.69) is 4.40 Å². The van der Waals surface area contributed by atoms with E-state index in [0.717, 1.165) is 31.4 Å². The topological polar surface area (TPSA) is 85.3 Å². The van der Waals surface area contributed by atoms with Gasteiger partial charge >= 0.3 is 5.97 Å². The zero-order valence-corrected chi connectivity index (χ0v) is 16.9. The number of fused-ring (bicyclic) bond motifs is 3. The first-order valence-electron chi connectivity index (χ1n) is 9.54. The first-order valence-corrected chi connectivity index (χ1v) is 11.0. The molecule has 2 aromatic rings. The summed E-state index contributed by atoms with van der Waals surface area (Å²) in [6, 6.07) is 11.9. The van der Waals surface area contributed by atoms with E-state index in [1.165, 1.54) is 6.07 Å². The summed E-state index contributed by atoms with van der Waals surface area (Å²) in [6.45, 7) is 0.750. The van der Waals surface area contributed by atoms with E-state index >= 15 is 0 Å².